The van der Waals surface area contributed by atoms with Crippen LogP contribution >= 0.6 is 0 Å². The molecule has 1 unspecified atom stereocenters. The number of anilines is 1. The summed E-state index contributed by atoms with van der Waals surface area (Å²) in [5, 5.41) is 15.1. The Hall–Kier alpha value is -3.00. The Kier molecular flexibility index (Phi) is 5.19. The molecule has 0 radical (unpaired) electrons. The highest BCUT2D eigenvalue weighted by Gasteiger charge is 2.23. The SMILES string of the molecule is CN=C1C=C(C)NC(Nc2ccc(OC)c(-n3nc4c(c3C)CN(C)CC4)c2)N1. The largest absolute Gasteiger partial charge is 0.494 e. The number of fused-ring (bicyclic) bond motifs is 1. The molecule has 8 nitrogen and oxygen atoms in total. The molecule has 3 heterocycles. The first-order valence-electron chi connectivity index (χ1n) is 9.87. The smallest absolute Gasteiger partial charge is 0.174 e. The molecule has 0 spiro atoms. The molecule has 2 aliphatic heterocycles. The van der Waals surface area contributed by atoms with Crippen LogP contribution in [-0.2, 0) is 13.0 Å². The van der Waals surface area contributed by atoms with E-state index >= 15 is 0 Å². The molecule has 1 aromatic heterocycles. The Morgan fingerprint density at radius 1 is 1.28 bits per heavy atom. The van der Waals surface area contributed by atoms with Crippen molar-refractivity contribution < 1.29 is 4.74 Å². The summed E-state index contributed by atoms with van der Waals surface area (Å²) in [6.45, 7) is 6.12. The zero-order valence-electron chi connectivity index (χ0n) is 17.7. The molecule has 0 amide bonds. The molecule has 0 aliphatic carbocycles. The van der Waals surface area contributed by atoms with E-state index in [-0.39, 0.29) is 6.29 Å². The number of nitrogens with zero attached hydrogens (tertiary/aromatic N) is 4. The zero-order chi connectivity index (χ0) is 20.5. The molecule has 0 saturated carbocycles. The molecule has 1 aromatic carbocycles. The minimum Gasteiger partial charge on any atom is -0.494 e. The second-order valence-corrected chi connectivity index (χ2v) is 7.60. The van der Waals surface area contributed by atoms with Gasteiger partial charge >= 0.3 is 0 Å². The number of ether oxygens (including phenoxy) is 1. The second kappa shape index (κ2) is 7.79. The van der Waals surface area contributed by atoms with Crippen LogP contribution in [0.4, 0.5) is 5.69 Å². The summed E-state index contributed by atoms with van der Waals surface area (Å²) in [5.41, 5.74) is 6.60. The summed E-state index contributed by atoms with van der Waals surface area (Å²) >= 11 is 0. The third kappa shape index (κ3) is 3.80. The van der Waals surface area contributed by atoms with Gasteiger partial charge in [-0.1, -0.05) is 0 Å². The topological polar surface area (TPSA) is 78.7 Å². The molecule has 0 saturated heterocycles. The van der Waals surface area contributed by atoms with E-state index in [0.717, 1.165) is 53.9 Å². The third-order valence-corrected chi connectivity index (χ3v) is 5.46. The summed E-state index contributed by atoms with van der Waals surface area (Å²) in [4.78, 5) is 6.58. The highest BCUT2D eigenvalue weighted by atomic mass is 16.5. The zero-order valence-corrected chi connectivity index (χ0v) is 17.7. The van der Waals surface area contributed by atoms with Gasteiger partial charge < -0.3 is 25.6 Å². The third-order valence-electron chi connectivity index (χ3n) is 5.46. The number of hydrogen-bond acceptors (Lipinski definition) is 6. The van der Waals surface area contributed by atoms with Crippen molar-refractivity contribution in [1.82, 2.24) is 25.3 Å². The average molecular weight is 396 g/mol. The molecule has 0 bridgehead atoms. The van der Waals surface area contributed by atoms with Gasteiger partial charge in [-0.05, 0) is 45.2 Å². The van der Waals surface area contributed by atoms with E-state index in [2.05, 4.69) is 45.9 Å². The maximum absolute atomic E-state index is 5.65. The Balaban J connectivity index is 1.66. The maximum Gasteiger partial charge on any atom is 0.174 e. The number of benzene rings is 1. The highest BCUT2D eigenvalue weighted by molar-refractivity contribution is 5.94. The van der Waals surface area contributed by atoms with Crippen LogP contribution in [0, 0.1) is 6.92 Å². The van der Waals surface area contributed by atoms with Crippen molar-refractivity contribution in [2.75, 3.05) is 33.1 Å². The molecule has 2 aliphatic rings. The van der Waals surface area contributed by atoms with Crippen LogP contribution in [0.15, 0.2) is 35.0 Å². The number of aromatic nitrogens is 2. The Bertz CT molecular complexity index is 976. The normalized spacial score (nSPS) is 20.5. The van der Waals surface area contributed by atoms with Crippen molar-refractivity contribution in [2.45, 2.75) is 33.1 Å². The van der Waals surface area contributed by atoms with E-state index in [4.69, 9.17) is 9.84 Å². The van der Waals surface area contributed by atoms with E-state index < -0.39 is 0 Å². The lowest BCUT2D eigenvalue weighted by molar-refractivity contribution is 0.311. The molecule has 4 rings (SSSR count). The number of rotatable bonds is 4. The van der Waals surface area contributed by atoms with Gasteiger partial charge in [-0.25, -0.2) is 4.68 Å². The summed E-state index contributed by atoms with van der Waals surface area (Å²) in [6.07, 6.45) is 2.80. The fourth-order valence-corrected chi connectivity index (χ4v) is 3.89. The fraction of sp³-hybridized carbons (Fsp3) is 0.429. The Labute approximate surface area is 171 Å². The van der Waals surface area contributed by atoms with Crippen molar-refractivity contribution in [3.8, 4) is 11.4 Å². The van der Waals surface area contributed by atoms with Gasteiger partial charge in [-0.2, -0.15) is 5.10 Å². The number of nitrogens with one attached hydrogen (secondary N) is 3. The van der Waals surface area contributed by atoms with Gasteiger partial charge in [0.2, 0.25) is 0 Å². The molecule has 0 fully saturated rings. The molecule has 3 N–H and O–H groups in total. The summed E-state index contributed by atoms with van der Waals surface area (Å²) < 4.78 is 7.66. The number of aliphatic imine (C=N–C) groups is 1. The summed E-state index contributed by atoms with van der Waals surface area (Å²) in [5.74, 6) is 1.63. The fourth-order valence-electron chi connectivity index (χ4n) is 3.89. The lowest BCUT2D eigenvalue weighted by atomic mass is 10.1. The number of likely N-dealkylation sites (N-methyl/N-ethyl adjacent to an activating group) is 1. The Morgan fingerprint density at radius 2 is 2.10 bits per heavy atom. The highest BCUT2D eigenvalue weighted by Crippen LogP contribution is 2.30. The maximum atomic E-state index is 5.65. The van der Waals surface area contributed by atoms with Gasteiger partial charge in [0.1, 0.15) is 17.3 Å². The van der Waals surface area contributed by atoms with Crippen molar-refractivity contribution in [3.63, 3.8) is 0 Å². The van der Waals surface area contributed by atoms with E-state index in [9.17, 15) is 0 Å². The van der Waals surface area contributed by atoms with Gasteiger partial charge in [0.05, 0.1) is 12.8 Å². The van der Waals surface area contributed by atoms with Gasteiger partial charge in [-0.15, -0.1) is 0 Å². The number of methoxy groups -OCH3 is 1. The van der Waals surface area contributed by atoms with Gasteiger partial charge in [0.15, 0.2) is 6.29 Å². The minimum absolute atomic E-state index is 0.152. The first-order chi connectivity index (χ1) is 14.0. The molecular weight excluding hydrogens is 366 g/mol. The number of amidine groups is 1. The second-order valence-electron chi connectivity index (χ2n) is 7.60. The van der Waals surface area contributed by atoms with Crippen LogP contribution < -0.4 is 20.7 Å². The van der Waals surface area contributed by atoms with E-state index in [1.165, 1.54) is 11.3 Å². The lowest BCUT2D eigenvalue weighted by Crippen LogP contribution is -2.52. The van der Waals surface area contributed by atoms with Gasteiger partial charge in [-0.3, -0.25) is 4.99 Å². The minimum atomic E-state index is -0.152. The first kappa shape index (κ1) is 19.3. The molecule has 1 atom stereocenters. The van der Waals surface area contributed by atoms with Crippen molar-refractivity contribution in [3.05, 3.63) is 46.9 Å². The lowest BCUT2D eigenvalue weighted by Gasteiger charge is -2.28. The van der Waals surface area contributed by atoms with Crippen LogP contribution in [0.25, 0.3) is 5.69 Å². The van der Waals surface area contributed by atoms with Crippen LogP contribution in [0.1, 0.15) is 23.9 Å². The molecular formula is C21H29N7O. The van der Waals surface area contributed by atoms with Crippen molar-refractivity contribution in [2.24, 2.45) is 4.99 Å². The summed E-state index contributed by atoms with van der Waals surface area (Å²) in [6, 6.07) is 6.06. The standard InChI is InChI=1S/C21H29N7O/c1-13-10-20(22-3)25-21(23-13)24-15-6-7-19(29-5)18(11-15)28-14(2)16-12-27(4)9-8-17(16)26-28/h6-7,10-11,21,23-24H,8-9,12H2,1-5H3,(H,22,25). The molecule has 154 valence electrons. The molecule has 8 heteroatoms. The van der Waals surface area contributed by atoms with Crippen LogP contribution in [0.3, 0.4) is 0 Å². The van der Waals surface area contributed by atoms with E-state index in [1.54, 1.807) is 14.2 Å². The monoisotopic (exact) mass is 395 g/mol. The molecule has 29 heavy (non-hydrogen) atoms. The number of allylic oxidation sites excluding steroid dienone is 1. The van der Waals surface area contributed by atoms with E-state index in [0.29, 0.717) is 0 Å². The van der Waals surface area contributed by atoms with Crippen molar-refractivity contribution >= 4 is 11.5 Å². The van der Waals surface area contributed by atoms with Gasteiger partial charge in [0.25, 0.3) is 0 Å². The van der Waals surface area contributed by atoms with Gasteiger partial charge in [0, 0.05) is 49.2 Å². The van der Waals surface area contributed by atoms with Crippen LogP contribution in [0.2, 0.25) is 0 Å². The van der Waals surface area contributed by atoms with Crippen molar-refractivity contribution in [1.29, 1.82) is 0 Å². The number of hydrogen-bond donors (Lipinski definition) is 3. The first-order valence-corrected chi connectivity index (χ1v) is 9.87. The predicted octanol–water partition coefficient (Wildman–Crippen LogP) is 2.00. The predicted molar refractivity (Wildman–Crippen MR) is 116 cm³/mol. The summed E-state index contributed by atoms with van der Waals surface area (Å²) in [7, 11) is 5.62. The Morgan fingerprint density at radius 3 is 2.86 bits per heavy atom. The molecule has 2 aromatic rings. The quantitative estimate of drug-likeness (QED) is 0.735. The average Bonchev–Trinajstić information content (AvgIpc) is 3.03. The van der Waals surface area contributed by atoms with Crippen LogP contribution in [-0.4, -0.2) is 54.6 Å². The van der Waals surface area contributed by atoms with E-state index in [1.807, 2.05) is 29.8 Å². The van der Waals surface area contributed by atoms with Crippen LogP contribution in [0.5, 0.6) is 5.75 Å².